The first-order valence-corrected chi connectivity index (χ1v) is 12.9. The monoisotopic (exact) mass is 454 g/mol. The number of rotatable bonds is 20. The zero-order valence-electron chi connectivity index (χ0n) is 21.2. The fourth-order valence-corrected chi connectivity index (χ4v) is 4.10. The predicted molar refractivity (Wildman–Crippen MR) is 131 cm³/mol. The SMILES string of the molecule is CCCCCCCCCCCCCCCCC(CC(=O)O)C(=O)NC(C(N)=O)C(C)(C)C. The van der Waals surface area contributed by atoms with Gasteiger partial charge in [0.25, 0.3) is 0 Å². The molecule has 0 aliphatic carbocycles. The van der Waals surface area contributed by atoms with Crippen LogP contribution in [0.25, 0.3) is 0 Å². The van der Waals surface area contributed by atoms with Gasteiger partial charge in [0, 0.05) is 5.92 Å². The lowest BCUT2D eigenvalue weighted by molar-refractivity contribution is -0.142. The second kappa shape index (κ2) is 17.9. The van der Waals surface area contributed by atoms with Gasteiger partial charge in [-0.2, -0.15) is 0 Å². The minimum Gasteiger partial charge on any atom is -0.481 e. The number of nitrogens with one attached hydrogen (secondary N) is 1. The molecule has 0 rings (SSSR count). The highest BCUT2D eigenvalue weighted by Gasteiger charge is 2.33. The summed E-state index contributed by atoms with van der Waals surface area (Å²) in [5.74, 6) is -2.62. The second-order valence-electron chi connectivity index (χ2n) is 10.4. The van der Waals surface area contributed by atoms with Gasteiger partial charge in [-0.3, -0.25) is 14.4 Å². The van der Waals surface area contributed by atoms with Crippen molar-refractivity contribution >= 4 is 17.8 Å². The Balaban J connectivity index is 4.05. The van der Waals surface area contributed by atoms with E-state index in [0.717, 1.165) is 19.3 Å². The van der Waals surface area contributed by atoms with E-state index in [0.29, 0.717) is 6.42 Å². The lowest BCUT2D eigenvalue weighted by Crippen LogP contribution is -2.53. The number of aliphatic carboxylic acids is 1. The summed E-state index contributed by atoms with van der Waals surface area (Å²) >= 11 is 0. The molecular formula is C26H50N2O4. The van der Waals surface area contributed by atoms with Gasteiger partial charge in [-0.05, 0) is 11.8 Å². The van der Waals surface area contributed by atoms with Gasteiger partial charge in [0.05, 0.1) is 6.42 Å². The normalized spacial score (nSPS) is 13.5. The van der Waals surface area contributed by atoms with Crippen LogP contribution in [0.15, 0.2) is 0 Å². The third-order valence-corrected chi connectivity index (χ3v) is 6.14. The number of nitrogens with two attached hydrogens (primary N) is 1. The van der Waals surface area contributed by atoms with E-state index in [-0.39, 0.29) is 12.3 Å². The highest BCUT2D eigenvalue weighted by atomic mass is 16.4. The van der Waals surface area contributed by atoms with Crippen molar-refractivity contribution in [2.24, 2.45) is 17.1 Å². The lowest BCUT2D eigenvalue weighted by Gasteiger charge is -2.30. The molecule has 0 aliphatic rings. The van der Waals surface area contributed by atoms with Crippen molar-refractivity contribution in [1.82, 2.24) is 5.32 Å². The first kappa shape index (κ1) is 30.4. The predicted octanol–water partition coefficient (Wildman–Crippen LogP) is 5.96. The molecule has 0 aromatic heterocycles. The van der Waals surface area contributed by atoms with E-state index in [1.54, 1.807) is 0 Å². The van der Waals surface area contributed by atoms with E-state index in [1.165, 1.54) is 70.6 Å². The van der Waals surface area contributed by atoms with Crippen molar-refractivity contribution in [1.29, 1.82) is 0 Å². The standard InChI is InChI=1S/C26H50N2O4/c1-5-6-7-8-9-10-11-12-13-14-15-16-17-18-19-21(20-22(29)30)25(32)28-23(24(27)31)26(2,3)4/h21,23H,5-20H2,1-4H3,(H2,27,31)(H,28,32)(H,29,30). The van der Waals surface area contributed by atoms with Gasteiger partial charge in [0.2, 0.25) is 11.8 Å². The van der Waals surface area contributed by atoms with Crippen LogP contribution in [0, 0.1) is 11.3 Å². The van der Waals surface area contributed by atoms with Gasteiger partial charge in [-0.25, -0.2) is 0 Å². The maximum absolute atomic E-state index is 12.6. The summed E-state index contributed by atoms with van der Waals surface area (Å²) in [5, 5.41) is 11.9. The molecular weight excluding hydrogens is 404 g/mol. The second-order valence-corrected chi connectivity index (χ2v) is 10.4. The van der Waals surface area contributed by atoms with Crippen LogP contribution in [0.1, 0.15) is 130 Å². The molecule has 0 fully saturated rings. The molecule has 6 heteroatoms. The van der Waals surface area contributed by atoms with E-state index >= 15 is 0 Å². The molecule has 0 bridgehead atoms. The van der Waals surface area contributed by atoms with Crippen LogP contribution < -0.4 is 11.1 Å². The molecule has 0 saturated heterocycles. The molecule has 0 radical (unpaired) electrons. The Kier molecular flexibility index (Phi) is 17.0. The molecule has 2 unspecified atom stereocenters. The first-order chi connectivity index (χ1) is 15.1. The van der Waals surface area contributed by atoms with E-state index in [1.807, 2.05) is 20.8 Å². The van der Waals surface area contributed by atoms with E-state index in [9.17, 15) is 19.5 Å². The van der Waals surface area contributed by atoms with Crippen molar-refractivity contribution in [3.05, 3.63) is 0 Å². The maximum atomic E-state index is 12.6. The van der Waals surface area contributed by atoms with Crippen LogP contribution in [0.2, 0.25) is 0 Å². The third-order valence-electron chi connectivity index (χ3n) is 6.14. The van der Waals surface area contributed by atoms with Crippen molar-refractivity contribution in [2.45, 2.75) is 136 Å². The van der Waals surface area contributed by atoms with Gasteiger partial charge >= 0.3 is 5.97 Å². The van der Waals surface area contributed by atoms with E-state index in [4.69, 9.17) is 5.73 Å². The van der Waals surface area contributed by atoms with Gasteiger partial charge in [-0.15, -0.1) is 0 Å². The molecule has 4 N–H and O–H groups in total. The number of hydrogen-bond acceptors (Lipinski definition) is 3. The van der Waals surface area contributed by atoms with Crippen molar-refractivity contribution in [3.63, 3.8) is 0 Å². The van der Waals surface area contributed by atoms with Crippen LogP contribution in [0.3, 0.4) is 0 Å². The number of amides is 2. The first-order valence-electron chi connectivity index (χ1n) is 12.9. The summed E-state index contributed by atoms with van der Waals surface area (Å²) in [6, 6.07) is -0.817. The van der Waals surface area contributed by atoms with Crippen LogP contribution >= 0.6 is 0 Å². The Morgan fingerprint density at radius 2 is 1.19 bits per heavy atom. The number of primary amides is 1. The third kappa shape index (κ3) is 16.1. The summed E-state index contributed by atoms with van der Waals surface area (Å²) in [5.41, 5.74) is 4.91. The number of unbranched alkanes of at least 4 members (excludes halogenated alkanes) is 13. The minimum atomic E-state index is -0.998. The largest absolute Gasteiger partial charge is 0.481 e. The number of carbonyl (C=O) groups excluding carboxylic acids is 2. The Morgan fingerprint density at radius 3 is 1.53 bits per heavy atom. The molecule has 0 spiro atoms. The van der Waals surface area contributed by atoms with Crippen molar-refractivity contribution in [2.75, 3.05) is 0 Å². The van der Waals surface area contributed by atoms with Crippen LogP contribution in [0.5, 0.6) is 0 Å². The van der Waals surface area contributed by atoms with Crippen molar-refractivity contribution in [3.8, 4) is 0 Å². The summed E-state index contributed by atoms with van der Waals surface area (Å²) in [6.07, 6.45) is 17.8. The number of carboxylic acids is 1. The highest BCUT2D eigenvalue weighted by Crippen LogP contribution is 2.22. The Morgan fingerprint density at radius 1 is 0.781 bits per heavy atom. The summed E-state index contributed by atoms with van der Waals surface area (Å²) in [6.45, 7) is 7.72. The Bertz CT molecular complexity index is 528. The van der Waals surface area contributed by atoms with Gasteiger partial charge in [0.1, 0.15) is 6.04 Å². The number of hydrogen-bond donors (Lipinski definition) is 3. The minimum absolute atomic E-state index is 0.222. The van der Waals surface area contributed by atoms with Crippen molar-refractivity contribution < 1.29 is 19.5 Å². The lowest BCUT2D eigenvalue weighted by atomic mass is 9.85. The molecule has 0 aliphatic heterocycles. The zero-order valence-corrected chi connectivity index (χ0v) is 21.2. The zero-order chi connectivity index (χ0) is 24.4. The number of carbonyl (C=O) groups is 3. The Hall–Kier alpha value is -1.59. The van der Waals surface area contributed by atoms with Gasteiger partial charge in [-0.1, -0.05) is 118 Å². The topological polar surface area (TPSA) is 109 Å². The Labute approximate surface area is 196 Å². The average Bonchev–Trinajstić information content (AvgIpc) is 2.69. The average molecular weight is 455 g/mol. The molecule has 0 saturated carbocycles. The highest BCUT2D eigenvalue weighted by molar-refractivity contribution is 5.89. The quantitative estimate of drug-likeness (QED) is 0.197. The molecule has 2 amide bonds. The number of carboxylic acid groups (broad SMARTS) is 1. The van der Waals surface area contributed by atoms with E-state index < -0.39 is 29.3 Å². The van der Waals surface area contributed by atoms with E-state index in [2.05, 4.69) is 12.2 Å². The molecule has 0 heterocycles. The molecule has 6 nitrogen and oxygen atoms in total. The molecule has 2 atom stereocenters. The molecule has 32 heavy (non-hydrogen) atoms. The summed E-state index contributed by atoms with van der Waals surface area (Å²) in [4.78, 5) is 35.5. The summed E-state index contributed by atoms with van der Waals surface area (Å²) < 4.78 is 0. The fraction of sp³-hybridized carbons (Fsp3) is 0.885. The van der Waals surface area contributed by atoms with Crippen LogP contribution in [0.4, 0.5) is 0 Å². The molecule has 0 aromatic rings. The smallest absolute Gasteiger partial charge is 0.304 e. The summed E-state index contributed by atoms with van der Waals surface area (Å²) in [7, 11) is 0. The fourth-order valence-electron chi connectivity index (χ4n) is 4.10. The maximum Gasteiger partial charge on any atom is 0.304 e. The molecule has 0 aromatic carbocycles. The van der Waals surface area contributed by atoms with Gasteiger partial charge in [0.15, 0.2) is 0 Å². The van der Waals surface area contributed by atoms with Crippen LogP contribution in [-0.2, 0) is 14.4 Å². The molecule has 188 valence electrons. The van der Waals surface area contributed by atoms with Gasteiger partial charge < -0.3 is 16.2 Å². The van der Waals surface area contributed by atoms with Crippen LogP contribution in [-0.4, -0.2) is 28.9 Å².